The molecular weight excluding hydrogens is 250 g/mol. The normalized spacial score (nSPS) is 14.2. The number of rotatable bonds is 1. The molecule has 2 aromatic heterocycles. The predicted molar refractivity (Wildman–Crippen MR) is 79.6 cm³/mol. The van der Waals surface area contributed by atoms with Crippen LogP contribution in [0, 0.1) is 20.8 Å². The zero-order chi connectivity index (χ0) is 14.3. The van der Waals surface area contributed by atoms with E-state index in [4.69, 9.17) is 5.73 Å². The molecule has 1 aliphatic heterocycles. The molecule has 3 rings (SSSR count). The molecule has 20 heavy (non-hydrogen) atoms. The van der Waals surface area contributed by atoms with Crippen LogP contribution in [0.5, 0.6) is 0 Å². The van der Waals surface area contributed by atoms with Crippen LogP contribution in [0.1, 0.15) is 28.2 Å². The summed E-state index contributed by atoms with van der Waals surface area (Å²) in [5.41, 5.74) is 10.6. The monoisotopic (exact) mass is 269 g/mol. The molecule has 0 bridgehead atoms. The van der Waals surface area contributed by atoms with Crippen molar-refractivity contribution in [2.24, 2.45) is 0 Å². The summed E-state index contributed by atoms with van der Waals surface area (Å²) in [6.45, 7) is 7.76. The number of pyridine rings is 1. The molecule has 2 aromatic rings. The van der Waals surface area contributed by atoms with Crippen molar-refractivity contribution in [1.82, 2.24) is 15.0 Å². The SMILES string of the molecule is Cc1nc(C)c(C)c(N2CCc3ccnc(N)c3C2)n1. The van der Waals surface area contributed by atoms with Crippen LogP contribution < -0.4 is 10.6 Å². The number of nitrogen functional groups attached to an aromatic ring is 1. The number of nitrogens with zero attached hydrogens (tertiary/aromatic N) is 4. The predicted octanol–water partition coefficient (Wildman–Crippen LogP) is 1.94. The lowest BCUT2D eigenvalue weighted by atomic mass is 10.0. The highest BCUT2D eigenvalue weighted by Crippen LogP contribution is 2.28. The smallest absolute Gasteiger partial charge is 0.135 e. The third kappa shape index (κ3) is 2.09. The Morgan fingerprint density at radius 2 is 2.00 bits per heavy atom. The lowest BCUT2D eigenvalue weighted by Crippen LogP contribution is -2.32. The lowest BCUT2D eigenvalue weighted by Gasteiger charge is -2.31. The van der Waals surface area contributed by atoms with Gasteiger partial charge in [-0.3, -0.25) is 0 Å². The van der Waals surface area contributed by atoms with Gasteiger partial charge in [0.25, 0.3) is 0 Å². The highest BCUT2D eigenvalue weighted by molar-refractivity contribution is 5.54. The quantitative estimate of drug-likeness (QED) is 0.857. The molecule has 0 aromatic carbocycles. The molecule has 0 unspecified atom stereocenters. The summed E-state index contributed by atoms with van der Waals surface area (Å²) in [6, 6.07) is 2.06. The summed E-state index contributed by atoms with van der Waals surface area (Å²) in [7, 11) is 0. The highest BCUT2D eigenvalue weighted by Gasteiger charge is 2.22. The van der Waals surface area contributed by atoms with Gasteiger partial charge < -0.3 is 10.6 Å². The summed E-state index contributed by atoms with van der Waals surface area (Å²) >= 11 is 0. The van der Waals surface area contributed by atoms with Gasteiger partial charge in [0.05, 0.1) is 0 Å². The van der Waals surface area contributed by atoms with Gasteiger partial charge in [0, 0.05) is 36.1 Å². The van der Waals surface area contributed by atoms with E-state index in [0.29, 0.717) is 5.82 Å². The van der Waals surface area contributed by atoms with E-state index in [-0.39, 0.29) is 0 Å². The fourth-order valence-corrected chi connectivity index (χ4v) is 2.73. The van der Waals surface area contributed by atoms with E-state index >= 15 is 0 Å². The molecular formula is C15H19N5. The van der Waals surface area contributed by atoms with Crippen molar-refractivity contribution in [3.05, 3.63) is 40.5 Å². The van der Waals surface area contributed by atoms with Gasteiger partial charge in [-0.25, -0.2) is 15.0 Å². The minimum absolute atomic E-state index is 0.632. The molecule has 3 heterocycles. The van der Waals surface area contributed by atoms with E-state index in [1.807, 2.05) is 13.8 Å². The van der Waals surface area contributed by atoms with Crippen molar-refractivity contribution in [3.63, 3.8) is 0 Å². The first-order valence-electron chi connectivity index (χ1n) is 6.85. The number of anilines is 2. The second-order valence-corrected chi connectivity index (χ2v) is 5.31. The summed E-state index contributed by atoms with van der Waals surface area (Å²) in [6.07, 6.45) is 2.76. The first kappa shape index (κ1) is 12.8. The Bertz CT molecular complexity index is 666. The third-order valence-corrected chi connectivity index (χ3v) is 3.96. The fourth-order valence-electron chi connectivity index (χ4n) is 2.73. The van der Waals surface area contributed by atoms with Gasteiger partial charge in [0.15, 0.2) is 0 Å². The Morgan fingerprint density at radius 3 is 2.80 bits per heavy atom. The van der Waals surface area contributed by atoms with Crippen LogP contribution in [0.3, 0.4) is 0 Å². The van der Waals surface area contributed by atoms with Crippen LogP contribution in [0.15, 0.2) is 12.3 Å². The maximum atomic E-state index is 6.01. The van der Waals surface area contributed by atoms with Crippen LogP contribution in [-0.4, -0.2) is 21.5 Å². The van der Waals surface area contributed by atoms with Gasteiger partial charge in [0.2, 0.25) is 0 Å². The van der Waals surface area contributed by atoms with Crippen LogP contribution in [0.25, 0.3) is 0 Å². The molecule has 0 spiro atoms. The number of aromatic nitrogens is 3. The van der Waals surface area contributed by atoms with Crippen molar-refractivity contribution < 1.29 is 0 Å². The van der Waals surface area contributed by atoms with E-state index in [0.717, 1.165) is 48.0 Å². The van der Waals surface area contributed by atoms with Gasteiger partial charge in [-0.05, 0) is 38.8 Å². The lowest BCUT2D eigenvalue weighted by molar-refractivity contribution is 0.710. The fraction of sp³-hybridized carbons (Fsp3) is 0.400. The number of hydrogen-bond acceptors (Lipinski definition) is 5. The maximum Gasteiger partial charge on any atom is 0.135 e. The Morgan fingerprint density at radius 1 is 1.20 bits per heavy atom. The molecule has 0 radical (unpaired) electrons. The summed E-state index contributed by atoms with van der Waals surface area (Å²) in [4.78, 5) is 15.5. The van der Waals surface area contributed by atoms with Crippen LogP contribution in [0.2, 0.25) is 0 Å². The standard InChI is InChI=1S/C15H19N5/c1-9-10(2)18-11(3)19-15(9)20-7-5-12-4-6-17-14(16)13(12)8-20/h4,6H,5,7-8H2,1-3H3,(H2,16,17). The number of hydrogen-bond donors (Lipinski definition) is 1. The van der Waals surface area contributed by atoms with Crippen molar-refractivity contribution in [2.75, 3.05) is 17.2 Å². The largest absolute Gasteiger partial charge is 0.383 e. The van der Waals surface area contributed by atoms with Gasteiger partial charge in [-0.1, -0.05) is 0 Å². The second kappa shape index (κ2) is 4.74. The summed E-state index contributed by atoms with van der Waals surface area (Å²) < 4.78 is 0. The molecule has 5 nitrogen and oxygen atoms in total. The van der Waals surface area contributed by atoms with Crippen molar-refractivity contribution in [2.45, 2.75) is 33.7 Å². The molecule has 0 atom stereocenters. The van der Waals surface area contributed by atoms with E-state index in [2.05, 4.69) is 32.8 Å². The van der Waals surface area contributed by atoms with Crippen molar-refractivity contribution >= 4 is 11.6 Å². The van der Waals surface area contributed by atoms with Crippen molar-refractivity contribution in [3.8, 4) is 0 Å². The third-order valence-electron chi connectivity index (χ3n) is 3.96. The average Bonchev–Trinajstić information content (AvgIpc) is 2.43. The Kier molecular flexibility index (Phi) is 3.04. The van der Waals surface area contributed by atoms with E-state index < -0.39 is 0 Å². The maximum absolute atomic E-state index is 6.01. The minimum atomic E-state index is 0.632. The zero-order valence-corrected chi connectivity index (χ0v) is 12.1. The van der Waals surface area contributed by atoms with Gasteiger partial charge in [0.1, 0.15) is 17.5 Å². The summed E-state index contributed by atoms with van der Waals surface area (Å²) in [5, 5.41) is 0. The first-order chi connectivity index (χ1) is 9.56. The van der Waals surface area contributed by atoms with Crippen LogP contribution in [0.4, 0.5) is 11.6 Å². The van der Waals surface area contributed by atoms with Gasteiger partial charge in [-0.2, -0.15) is 0 Å². The minimum Gasteiger partial charge on any atom is -0.383 e. The molecule has 0 amide bonds. The Balaban J connectivity index is 2.00. The number of nitrogens with two attached hydrogens (primary N) is 1. The highest BCUT2D eigenvalue weighted by atomic mass is 15.2. The molecule has 0 saturated carbocycles. The molecule has 104 valence electrons. The second-order valence-electron chi connectivity index (χ2n) is 5.31. The molecule has 0 saturated heterocycles. The van der Waals surface area contributed by atoms with Gasteiger partial charge in [-0.15, -0.1) is 0 Å². The van der Waals surface area contributed by atoms with Crippen LogP contribution in [-0.2, 0) is 13.0 Å². The molecule has 0 fully saturated rings. The Labute approximate surface area is 118 Å². The first-order valence-corrected chi connectivity index (χ1v) is 6.85. The van der Waals surface area contributed by atoms with Gasteiger partial charge >= 0.3 is 0 Å². The van der Waals surface area contributed by atoms with E-state index in [9.17, 15) is 0 Å². The van der Waals surface area contributed by atoms with E-state index in [1.54, 1.807) is 6.20 Å². The van der Waals surface area contributed by atoms with Crippen molar-refractivity contribution in [1.29, 1.82) is 0 Å². The zero-order valence-electron chi connectivity index (χ0n) is 12.1. The van der Waals surface area contributed by atoms with E-state index in [1.165, 1.54) is 5.56 Å². The average molecular weight is 269 g/mol. The topological polar surface area (TPSA) is 67.9 Å². The Hall–Kier alpha value is -2.17. The number of aryl methyl sites for hydroxylation is 2. The molecule has 0 aliphatic carbocycles. The molecule has 2 N–H and O–H groups in total. The molecule has 1 aliphatic rings. The van der Waals surface area contributed by atoms with Crippen LogP contribution >= 0.6 is 0 Å². The molecule has 5 heteroatoms. The summed E-state index contributed by atoms with van der Waals surface area (Å²) in [5.74, 6) is 2.46. The number of fused-ring (bicyclic) bond motifs is 1.